The number of fused-ring (bicyclic) bond motifs is 2. The van der Waals surface area contributed by atoms with Crippen LogP contribution in [-0.4, -0.2) is 89.3 Å². The van der Waals surface area contributed by atoms with Crippen molar-refractivity contribution in [2.24, 2.45) is 0 Å². The summed E-state index contributed by atoms with van der Waals surface area (Å²) in [5.41, 5.74) is -0.229. The summed E-state index contributed by atoms with van der Waals surface area (Å²) in [7, 11) is 0. The van der Waals surface area contributed by atoms with Crippen molar-refractivity contribution >= 4 is 52.8 Å². The highest BCUT2D eigenvalue weighted by molar-refractivity contribution is 7.99. The van der Waals surface area contributed by atoms with Crippen molar-refractivity contribution in [2.45, 2.75) is 32.4 Å². The molecule has 1 aromatic rings. The lowest BCUT2D eigenvalue weighted by molar-refractivity contribution is 0.000955. The quantitative estimate of drug-likeness (QED) is 0.560. The number of piperazine rings is 1. The first-order valence-corrected chi connectivity index (χ1v) is 12.2. The molecule has 11 heteroatoms. The molecule has 31 heavy (non-hydrogen) atoms. The first kappa shape index (κ1) is 22.6. The number of ether oxygens (including phenoxy) is 2. The van der Waals surface area contributed by atoms with Crippen molar-refractivity contribution in [3.63, 3.8) is 0 Å². The van der Waals surface area contributed by atoms with Gasteiger partial charge < -0.3 is 24.2 Å². The number of carbonyl (C=O) groups is 2. The number of halogens is 2. The number of carbonyl (C=O) groups excluding carboxylic acids is 2. The lowest BCUT2D eigenvalue weighted by Gasteiger charge is -2.40. The van der Waals surface area contributed by atoms with Crippen LogP contribution in [0.5, 0.6) is 5.75 Å². The summed E-state index contributed by atoms with van der Waals surface area (Å²) < 4.78 is 11.5. The lowest BCUT2D eigenvalue weighted by atomic mass is 10.1. The predicted molar refractivity (Wildman–Crippen MR) is 122 cm³/mol. The van der Waals surface area contributed by atoms with E-state index in [4.69, 9.17) is 32.7 Å². The molecule has 1 aromatic heterocycles. The Kier molecular flexibility index (Phi) is 6.38. The van der Waals surface area contributed by atoms with Crippen molar-refractivity contribution in [1.29, 1.82) is 0 Å². The number of hydrogen-bond donors (Lipinski definition) is 0. The highest BCUT2D eigenvalue weighted by Gasteiger charge is 2.41. The summed E-state index contributed by atoms with van der Waals surface area (Å²) in [6.07, 6.45) is -0.393. The molecule has 4 heterocycles. The Labute approximate surface area is 196 Å². The molecule has 3 aliphatic rings. The Hall–Kier alpha value is -1.58. The van der Waals surface area contributed by atoms with Gasteiger partial charge in [-0.3, -0.25) is 4.79 Å². The maximum absolute atomic E-state index is 13.6. The summed E-state index contributed by atoms with van der Waals surface area (Å²) in [5, 5.41) is 0.265. The van der Waals surface area contributed by atoms with E-state index in [-0.39, 0.29) is 34.5 Å². The fraction of sp³-hybridized carbons (Fsp3) is 0.650. The largest absolute Gasteiger partial charge is 0.489 e. The highest BCUT2D eigenvalue weighted by atomic mass is 35.5. The fourth-order valence-corrected chi connectivity index (χ4v) is 5.18. The van der Waals surface area contributed by atoms with E-state index in [0.29, 0.717) is 31.0 Å². The fourth-order valence-electron chi connectivity index (χ4n) is 3.92. The van der Waals surface area contributed by atoms with Crippen LogP contribution in [0.3, 0.4) is 0 Å². The zero-order chi connectivity index (χ0) is 22.3. The van der Waals surface area contributed by atoms with Gasteiger partial charge in [-0.2, -0.15) is 11.8 Å². The maximum atomic E-state index is 13.6. The number of amides is 2. The van der Waals surface area contributed by atoms with E-state index in [0.717, 1.165) is 24.6 Å². The van der Waals surface area contributed by atoms with Crippen molar-refractivity contribution in [3.8, 4) is 5.75 Å². The molecular formula is C20H26Cl2N4O4S. The van der Waals surface area contributed by atoms with E-state index >= 15 is 0 Å². The van der Waals surface area contributed by atoms with Gasteiger partial charge in [-0.1, -0.05) is 23.2 Å². The summed E-state index contributed by atoms with van der Waals surface area (Å²) in [4.78, 5) is 36.1. The van der Waals surface area contributed by atoms with Crippen molar-refractivity contribution < 1.29 is 19.1 Å². The second-order valence-corrected chi connectivity index (χ2v) is 10.7. The summed E-state index contributed by atoms with van der Waals surface area (Å²) in [5.74, 6) is 2.50. The van der Waals surface area contributed by atoms with Crippen molar-refractivity contribution in [2.75, 3.05) is 55.7 Å². The summed E-state index contributed by atoms with van der Waals surface area (Å²) >= 11 is 14.6. The van der Waals surface area contributed by atoms with E-state index in [1.807, 2.05) is 32.5 Å². The minimum atomic E-state index is -0.586. The Morgan fingerprint density at radius 3 is 2.58 bits per heavy atom. The zero-order valence-electron chi connectivity index (χ0n) is 17.8. The third kappa shape index (κ3) is 4.64. The molecular weight excluding hydrogens is 463 g/mol. The van der Waals surface area contributed by atoms with Crippen LogP contribution < -0.4 is 9.64 Å². The van der Waals surface area contributed by atoms with Crippen LogP contribution in [0.4, 0.5) is 10.6 Å². The SMILES string of the molecule is CC(C)(C)OC(=O)N1CCN2C(=O)c3c(N4CCSCC4)nc(Cl)c(Cl)c3OC[C@H]2C1. The van der Waals surface area contributed by atoms with Crippen molar-refractivity contribution in [3.05, 3.63) is 15.7 Å². The lowest BCUT2D eigenvalue weighted by Crippen LogP contribution is -2.58. The number of thioether (sulfide) groups is 1. The van der Waals surface area contributed by atoms with Crippen LogP contribution in [-0.2, 0) is 4.74 Å². The zero-order valence-corrected chi connectivity index (χ0v) is 20.1. The molecule has 2 fully saturated rings. The Morgan fingerprint density at radius 1 is 1.19 bits per heavy atom. The Bertz CT molecular complexity index is 889. The second-order valence-electron chi connectivity index (χ2n) is 8.73. The molecule has 0 spiro atoms. The van der Waals surface area contributed by atoms with Gasteiger partial charge in [0.25, 0.3) is 5.91 Å². The van der Waals surface area contributed by atoms with Gasteiger partial charge in [0.2, 0.25) is 0 Å². The van der Waals surface area contributed by atoms with Gasteiger partial charge in [-0.25, -0.2) is 9.78 Å². The van der Waals surface area contributed by atoms with Gasteiger partial charge in [-0.15, -0.1) is 0 Å². The van der Waals surface area contributed by atoms with Gasteiger partial charge >= 0.3 is 6.09 Å². The summed E-state index contributed by atoms with van der Waals surface area (Å²) in [6, 6.07) is -0.319. The highest BCUT2D eigenvalue weighted by Crippen LogP contribution is 2.42. The molecule has 0 bridgehead atoms. The minimum absolute atomic E-state index is 0.122. The van der Waals surface area contributed by atoms with Crippen LogP contribution in [0.25, 0.3) is 0 Å². The molecule has 0 aliphatic carbocycles. The number of anilines is 1. The van der Waals surface area contributed by atoms with E-state index in [1.54, 1.807) is 9.80 Å². The standard InChI is InChI=1S/C20H26Cl2N4O4S/c1-20(2,3)30-19(28)25-4-5-26-12(10-25)11-29-15-13(18(26)27)17(23-16(22)14(15)21)24-6-8-31-9-7-24/h12H,4-11H2,1-3H3/t12-/m1/s1. The topological polar surface area (TPSA) is 75.2 Å². The molecule has 0 N–H and O–H groups in total. The van der Waals surface area contributed by atoms with E-state index in [9.17, 15) is 9.59 Å². The van der Waals surface area contributed by atoms with E-state index in [1.165, 1.54) is 0 Å². The summed E-state index contributed by atoms with van der Waals surface area (Å²) in [6.45, 7) is 8.31. The molecule has 0 aromatic carbocycles. The van der Waals surface area contributed by atoms with Gasteiger partial charge in [0.05, 0.1) is 6.04 Å². The monoisotopic (exact) mass is 488 g/mol. The molecule has 1 atom stereocenters. The average Bonchev–Trinajstić information content (AvgIpc) is 2.87. The smallest absolute Gasteiger partial charge is 0.410 e. The molecule has 170 valence electrons. The Morgan fingerprint density at radius 2 is 1.90 bits per heavy atom. The first-order valence-electron chi connectivity index (χ1n) is 10.3. The second kappa shape index (κ2) is 8.75. The van der Waals surface area contributed by atoms with Crippen LogP contribution in [0.1, 0.15) is 31.1 Å². The van der Waals surface area contributed by atoms with Crippen molar-refractivity contribution in [1.82, 2.24) is 14.8 Å². The average molecular weight is 489 g/mol. The number of nitrogens with zero attached hydrogens (tertiary/aromatic N) is 4. The minimum Gasteiger partial charge on any atom is -0.489 e. The molecule has 4 rings (SSSR count). The normalized spacial score (nSPS) is 21.8. The number of pyridine rings is 1. The van der Waals surface area contributed by atoms with E-state index < -0.39 is 11.7 Å². The molecule has 2 saturated heterocycles. The van der Waals surface area contributed by atoms with E-state index in [2.05, 4.69) is 9.88 Å². The third-order valence-electron chi connectivity index (χ3n) is 5.38. The predicted octanol–water partition coefficient (Wildman–Crippen LogP) is 3.40. The molecule has 0 unspecified atom stereocenters. The number of hydrogen-bond acceptors (Lipinski definition) is 7. The molecule has 8 nitrogen and oxygen atoms in total. The van der Waals surface area contributed by atoms with Crippen LogP contribution in [0, 0.1) is 0 Å². The third-order valence-corrected chi connectivity index (χ3v) is 7.04. The molecule has 0 radical (unpaired) electrons. The Balaban J connectivity index is 1.63. The van der Waals surface area contributed by atoms with Crippen LogP contribution in [0.15, 0.2) is 0 Å². The van der Waals surface area contributed by atoms with Gasteiger partial charge in [0.1, 0.15) is 28.6 Å². The van der Waals surface area contributed by atoms with Crippen LogP contribution in [0.2, 0.25) is 10.2 Å². The maximum Gasteiger partial charge on any atom is 0.410 e. The first-order chi connectivity index (χ1) is 14.7. The number of rotatable bonds is 1. The molecule has 3 aliphatic heterocycles. The van der Waals surface area contributed by atoms with Gasteiger partial charge in [0.15, 0.2) is 10.9 Å². The van der Waals surface area contributed by atoms with Crippen LogP contribution >= 0.6 is 35.0 Å². The molecule has 0 saturated carbocycles. The number of aromatic nitrogens is 1. The van der Waals surface area contributed by atoms with Gasteiger partial charge in [-0.05, 0) is 20.8 Å². The molecule has 2 amide bonds. The van der Waals surface area contributed by atoms with Gasteiger partial charge in [0, 0.05) is 44.2 Å².